The van der Waals surface area contributed by atoms with Crippen LogP contribution in [0.1, 0.15) is 50.2 Å². The van der Waals surface area contributed by atoms with E-state index in [0.717, 1.165) is 44.1 Å². The summed E-state index contributed by atoms with van der Waals surface area (Å²) in [4.78, 5) is 25.3. The van der Waals surface area contributed by atoms with Gasteiger partial charge in [0.05, 0.1) is 22.0 Å². The van der Waals surface area contributed by atoms with Crippen LogP contribution < -0.4 is 16.9 Å². The summed E-state index contributed by atoms with van der Waals surface area (Å²) in [5, 5.41) is 4.14. The van der Waals surface area contributed by atoms with Crippen LogP contribution in [0.5, 0.6) is 0 Å². The van der Waals surface area contributed by atoms with E-state index in [1.165, 1.54) is 23.8 Å². The third-order valence-corrected chi connectivity index (χ3v) is 13.2. The normalized spacial score (nSPS) is 14.0. The van der Waals surface area contributed by atoms with E-state index in [-0.39, 0.29) is 11.6 Å². The summed E-state index contributed by atoms with van der Waals surface area (Å²) in [5.41, 5.74) is 18.0. The Hall–Kier alpha value is -7.14. The molecule has 0 saturated carbocycles. The van der Waals surface area contributed by atoms with Crippen LogP contribution in [0.3, 0.4) is 0 Å². The summed E-state index contributed by atoms with van der Waals surface area (Å²) in [6.45, 7) is 7.85. The number of aryl methyl sites for hydroxylation is 2. The van der Waals surface area contributed by atoms with Crippen LogP contribution in [0.15, 0.2) is 139 Å². The van der Waals surface area contributed by atoms with Gasteiger partial charge in [0.25, 0.3) is 0 Å². The van der Waals surface area contributed by atoms with E-state index in [4.69, 9.17) is 20.8 Å². The van der Waals surface area contributed by atoms with Gasteiger partial charge in [0.2, 0.25) is 0 Å². The summed E-state index contributed by atoms with van der Waals surface area (Å²) < 4.78 is 47.3. The number of aromatic nitrogens is 8. The molecule has 1 aliphatic rings. The van der Waals surface area contributed by atoms with Crippen molar-refractivity contribution in [1.82, 2.24) is 39.0 Å². The Labute approximate surface area is 400 Å². The fourth-order valence-corrected chi connectivity index (χ4v) is 8.95. The topological polar surface area (TPSA) is 158 Å². The van der Waals surface area contributed by atoms with Crippen molar-refractivity contribution in [2.75, 3.05) is 11.5 Å². The van der Waals surface area contributed by atoms with Gasteiger partial charge < -0.3 is 29.9 Å². The Morgan fingerprint density at radius 3 is 1.62 bits per heavy atom. The highest BCUT2D eigenvalue weighted by Gasteiger charge is 2.52. The van der Waals surface area contributed by atoms with E-state index in [0.29, 0.717) is 56.5 Å². The van der Waals surface area contributed by atoms with Crippen molar-refractivity contribution in [2.24, 2.45) is 14.1 Å². The number of fused-ring (bicyclic) bond motifs is 4. The molecule has 6 aromatic heterocycles. The van der Waals surface area contributed by atoms with Gasteiger partial charge in [-0.2, -0.15) is 0 Å². The van der Waals surface area contributed by atoms with Gasteiger partial charge >= 0.3 is 7.12 Å². The molecule has 0 aliphatic carbocycles. The molecular formula is C52H48BBrF2N10O2. The first kappa shape index (κ1) is 46.0. The molecule has 0 amide bonds. The van der Waals surface area contributed by atoms with Crippen LogP contribution in [0.25, 0.3) is 54.7 Å². The molecular weight excluding hydrogens is 925 g/mol. The second-order valence-electron chi connectivity index (χ2n) is 17.8. The van der Waals surface area contributed by atoms with E-state index >= 15 is 8.78 Å². The van der Waals surface area contributed by atoms with Crippen LogP contribution >= 0.6 is 15.9 Å². The fraction of sp³-hybridized carbons (Fsp3) is 0.192. The molecule has 7 heterocycles. The predicted octanol–water partition coefficient (Wildman–Crippen LogP) is 10.1. The highest BCUT2D eigenvalue weighted by Crippen LogP contribution is 2.38. The lowest BCUT2D eigenvalue weighted by molar-refractivity contribution is 0.00578. The molecule has 1 saturated heterocycles. The van der Waals surface area contributed by atoms with Crippen LogP contribution in [-0.2, 0) is 36.2 Å². The number of benzene rings is 4. The lowest BCUT2D eigenvalue weighted by Crippen LogP contribution is -2.41. The summed E-state index contributed by atoms with van der Waals surface area (Å²) >= 11 is 3.39. The summed E-state index contributed by atoms with van der Waals surface area (Å²) in [5.74, 6) is 0.190. The first-order valence-electron chi connectivity index (χ1n) is 21.9. The maximum atomic E-state index is 15.5. The van der Waals surface area contributed by atoms with Crippen molar-refractivity contribution >= 4 is 83.8 Å². The third-order valence-electron chi connectivity index (χ3n) is 12.6. The number of halogens is 3. The molecule has 342 valence electrons. The Kier molecular flexibility index (Phi) is 12.5. The van der Waals surface area contributed by atoms with Crippen molar-refractivity contribution in [3.05, 3.63) is 173 Å². The average molecular weight is 974 g/mol. The van der Waals surface area contributed by atoms with Crippen LogP contribution in [0, 0.1) is 11.6 Å². The van der Waals surface area contributed by atoms with Crippen molar-refractivity contribution in [3.63, 3.8) is 0 Å². The average Bonchev–Trinajstić information content (AvgIpc) is 3.90. The van der Waals surface area contributed by atoms with Gasteiger partial charge in [-0.25, -0.2) is 28.7 Å². The summed E-state index contributed by atoms with van der Waals surface area (Å²) in [6.07, 6.45) is 11.3. The van der Waals surface area contributed by atoms with Crippen LogP contribution in [0.4, 0.5) is 20.4 Å². The number of hydrogen-bond acceptors (Lipinski definition) is 10. The van der Waals surface area contributed by atoms with E-state index in [1.807, 2.05) is 124 Å². The van der Waals surface area contributed by atoms with Crippen LogP contribution in [0.2, 0.25) is 0 Å². The molecule has 16 heteroatoms. The number of nitrogen functional groups attached to an aromatic ring is 2. The molecule has 4 N–H and O–H groups in total. The Morgan fingerprint density at radius 1 is 0.588 bits per heavy atom. The highest BCUT2D eigenvalue weighted by atomic mass is 79.9. The summed E-state index contributed by atoms with van der Waals surface area (Å²) in [7, 11) is 3.05. The van der Waals surface area contributed by atoms with Crippen LogP contribution in [-0.4, -0.2) is 57.4 Å². The Morgan fingerprint density at radius 2 is 1.07 bits per heavy atom. The molecule has 0 unspecified atom stereocenters. The second kappa shape index (κ2) is 18.5. The van der Waals surface area contributed by atoms with Crippen molar-refractivity contribution < 1.29 is 18.1 Å². The van der Waals surface area contributed by atoms with Crippen molar-refractivity contribution in [3.8, 4) is 11.1 Å². The second-order valence-corrected chi connectivity index (χ2v) is 18.6. The largest absolute Gasteiger partial charge is 0.497 e. The molecule has 0 atom stereocenters. The molecule has 1 fully saturated rings. The van der Waals surface area contributed by atoms with Gasteiger partial charge in [-0.1, -0.05) is 84.9 Å². The minimum Gasteiger partial charge on any atom is -0.399 e. The Bertz CT molecular complexity index is 3460. The zero-order valence-corrected chi connectivity index (χ0v) is 40.0. The number of nitrogens with zero attached hydrogens (tertiary/aromatic N) is 8. The number of pyridine rings is 2. The first-order valence-corrected chi connectivity index (χ1v) is 22.7. The minimum atomic E-state index is -0.719. The molecule has 68 heavy (non-hydrogen) atoms. The predicted molar refractivity (Wildman–Crippen MR) is 270 cm³/mol. The zero-order valence-electron chi connectivity index (χ0n) is 38.4. The lowest BCUT2D eigenvalue weighted by atomic mass is 9.77. The molecule has 12 nitrogen and oxygen atoms in total. The lowest BCUT2D eigenvalue weighted by Gasteiger charge is -2.32. The maximum Gasteiger partial charge on any atom is 0.497 e. The van der Waals surface area contributed by atoms with E-state index in [2.05, 4.69) is 70.1 Å². The standard InChI is InChI=1S/C23H18FN5.C22H23BFNO2.C7H7BrN4/c1-29-12-19(20-22(25)27-13-28-23(20)29)17-8-7-15-10-16(26-11-18(15)21(17)24)9-14-5-3-2-4-6-14;1-21(2)22(3,4)27-23(26-21)19-11-10-16-13-17(25-14-18(16)20(19)24)12-15-8-6-5-7-9-15;1-12-2-4(8)5-6(9)10-3-11-7(5)12/h2-8,10-13H,9H2,1H3,(H2,25,27,28);5-11,13-14H,12H2,1-4H3;2-3H,1H3,(H2,9,10,11). The van der Waals surface area contributed by atoms with Gasteiger partial charge in [0.1, 0.15) is 47.2 Å². The maximum absolute atomic E-state index is 15.5. The molecule has 1 aliphatic heterocycles. The molecule has 4 aromatic carbocycles. The minimum absolute atomic E-state index is 0.322. The monoisotopic (exact) mass is 972 g/mol. The fourth-order valence-electron chi connectivity index (χ4n) is 8.26. The summed E-state index contributed by atoms with van der Waals surface area (Å²) in [6, 6.07) is 31.5. The van der Waals surface area contributed by atoms with Gasteiger partial charge in [-0.05, 0) is 77.7 Å². The number of anilines is 2. The quantitative estimate of drug-likeness (QED) is 0.154. The Balaban J connectivity index is 0.000000138. The van der Waals surface area contributed by atoms with Crippen molar-refractivity contribution in [1.29, 1.82) is 0 Å². The molecule has 0 bridgehead atoms. The molecule has 0 spiro atoms. The molecule has 0 radical (unpaired) electrons. The number of hydrogen-bond donors (Lipinski definition) is 2. The first-order chi connectivity index (χ1) is 32.6. The highest BCUT2D eigenvalue weighted by molar-refractivity contribution is 9.10. The van der Waals surface area contributed by atoms with E-state index < -0.39 is 18.3 Å². The van der Waals surface area contributed by atoms with Gasteiger partial charge in [0.15, 0.2) is 0 Å². The van der Waals surface area contributed by atoms with Gasteiger partial charge in [-0.15, -0.1) is 0 Å². The molecule has 11 rings (SSSR count). The molecule has 10 aromatic rings. The van der Waals surface area contributed by atoms with Gasteiger partial charge in [0, 0.05) is 94.9 Å². The van der Waals surface area contributed by atoms with Crippen molar-refractivity contribution in [2.45, 2.75) is 51.7 Å². The van der Waals surface area contributed by atoms with Gasteiger partial charge in [-0.3, -0.25) is 9.97 Å². The van der Waals surface area contributed by atoms with E-state index in [1.54, 1.807) is 24.5 Å². The smallest absolute Gasteiger partial charge is 0.399 e. The third kappa shape index (κ3) is 9.01. The number of nitrogens with two attached hydrogens (primary N) is 2. The zero-order chi connectivity index (χ0) is 47.9. The van der Waals surface area contributed by atoms with E-state index in [9.17, 15) is 0 Å². The number of rotatable bonds is 6. The SMILES string of the molecule is CC1(C)OB(c2ccc3cc(Cc4ccccc4)ncc3c2F)OC1(C)C.Cn1cc(-c2ccc3cc(Cc4ccccc4)ncc3c2F)c2c(N)ncnc21.Cn1cc(Br)c2c(N)ncnc21.